The van der Waals surface area contributed by atoms with Gasteiger partial charge in [0.05, 0.1) is 12.8 Å². The van der Waals surface area contributed by atoms with Crippen molar-refractivity contribution in [3.05, 3.63) is 108 Å². The van der Waals surface area contributed by atoms with Crippen molar-refractivity contribution in [2.45, 2.75) is 6.04 Å². The summed E-state index contributed by atoms with van der Waals surface area (Å²) in [5.74, 6) is -0.0614. The second-order valence-electron chi connectivity index (χ2n) is 7.02. The monoisotopic (exact) mass is 426 g/mol. The minimum absolute atomic E-state index is 0.203. The Morgan fingerprint density at radius 3 is 2.19 bits per heavy atom. The highest BCUT2D eigenvalue weighted by Crippen LogP contribution is 2.18. The second kappa shape index (κ2) is 9.61. The van der Waals surface area contributed by atoms with Crippen molar-refractivity contribution in [3.8, 4) is 11.4 Å². The van der Waals surface area contributed by atoms with Crippen LogP contribution in [0, 0.1) is 0 Å². The standard InChI is InChI=1S/C25H22N4O3/c1-32-21-14-12-20(13-15-21)29-17-16-22(28-29)24(30)27-23(18-8-4-2-5-9-18)25(31)26-19-10-6-3-7-11-19/h2-17,23H,1H3,(H,26,31)(H,27,30). The van der Waals surface area contributed by atoms with E-state index in [1.165, 1.54) is 0 Å². The molecule has 7 heteroatoms. The summed E-state index contributed by atoms with van der Waals surface area (Å²) >= 11 is 0. The lowest BCUT2D eigenvalue weighted by Crippen LogP contribution is -2.37. The van der Waals surface area contributed by atoms with E-state index in [0.29, 0.717) is 11.3 Å². The zero-order chi connectivity index (χ0) is 22.3. The van der Waals surface area contributed by atoms with Gasteiger partial charge in [0.1, 0.15) is 11.8 Å². The molecule has 1 heterocycles. The van der Waals surface area contributed by atoms with E-state index in [1.807, 2.05) is 60.7 Å². The third-order valence-electron chi connectivity index (χ3n) is 4.87. The van der Waals surface area contributed by atoms with Gasteiger partial charge in [0.2, 0.25) is 0 Å². The van der Waals surface area contributed by atoms with Crippen LogP contribution in [-0.2, 0) is 4.79 Å². The Labute approximate surface area is 185 Å². The number of benzene rings is 3. The fourth-order valence-electron chi connectivity index (χ4n) is 3.21. The molecular weight excluding hydrogens is 404 g/mol. The number of hydrogen-bond donors (Lipinski definition) is 2. The van der Waals surface area contributed by atoms with Gasteiger partial charge in [-0.3, -0.25) is 9.59 Å². The molecule has 4 aromatic rings. The van der Waals surface area contributed by atoms with E-state index < -0.39 is 11.9 Å². The van der Waals surface area contributed by atoms with Crippen LogP contribution in [0.4, 0.5) is 5.69 Å². The number of amides is 2. The van der Waals surface area contributed by atoms with Crippen LogP contribution in [0.3, 0.4) is 0 Å². The Morgan fingerprint density at radius 1 is 0.875 bits per heavy atom. The molecule has 3 aromatic carbocycles. The van der Waals surface area contributed by atoms with Crippen LogP contribution in [0.5, 0.6) is 5.75 Å². The molecule has 32 heavy (non-hydrogen) atoms. The van der Waals surface area contributed by atoms with E-state index in [4.69, 9.17) is 4.74 Å². The SMILES string of the molecule is COc1ccc(-n2ccc(C(=O)NC(C(=O)Nc3ccccc3)c3ccccc3)n2)cc1. The third-order valence-corrected chi connectivity index (χ3v) is 4.87. The number of anilines is 1. The van der Waals surface area contributed by atoms with Gasteiger partial charge in [-0.05, 0) is 48.0 Å². The first kappa shape index (κ1) is 20.9. The van der Waals surface area contributed by atoms with Crippen molar-refractivity contribution < 1.29 is 14.3 Å². The predicted molar refractivity (Wildman–Crippen MR) is 122 cm³/mol. The smallest absolute Gasteiger partial charge is 0.272 e. The van der Waals surface area contributed by atoms with Gasteiger partial charge in [0.15, 0.2) is 5.69 Å². The first-order valence-electron chi connectivity index (χ1n) is 10.1. The first-order valence-corrected chi connectivity index (χ1v) is 10.1. The molecule has 1 aromatic heterocycles. The van der Waals surface area contributed by atoms with Crippen molar-refractivity contribution >= 4 is 17.5 Å². The summed E-state index contributed by atoms with van der Waals surface area (Å²) in [6.07, 6.45) is 1.69. The molecule has 0 aliphatic rings. The van der Waals surface area contributed by atoms with Crippen LogP contribution in [0.25, 0.3) is 5.69 Å². The van der Waals surface area contributed by atoms with Crippen LogP contribution in [-0.4, -0.2) is 28.7 Å². The molecule has 4 rings (SSSR count). The lowest BCUT2D eigenvalue weighted by Gasteiger charge is -2.18. The van der Waals surface area contributed by atoms with Crippen molar-refractivity contribution in [3.63, 3.8) is 0 Å². The van der Waals surface area contributed by atoms with Crippen LogP contribution < -0.4 is 15.4 Å². The molecule has 0 saturated heterocycles. The molecule has 7 nitrogen and oxygen atoms in total. The molecule has 0 spiro atoms. The van der Waals surface area contributed by atoms with E-state index in [1.54, 1.807) is 48.3 Å². The Balaban J connectivity index is 1.53. The second-order valence-corrected chi connectivity index (χ2v) is 7.02. The number of methoxy groups -OCH3 is 1. The largest absolute Gasteiger partial charge is 0.497 e. The van der Waals surface area contributed by atoms with Gasteiger partial charge in [-0.25, -0.2) is 4.68 Å². The molecule has 2 N–H and O–H groups in total. The minimum Gasteiger partial charge on any atom is -0.497 e. The van der Waals surface area contributed by atoms with E-state index >= 15 is 0 Å². The fraction of sp³-hybridized carbons (Fsp3) is 0.0800. The summed E-state index contributed by atoms with van der Waals surface area (Å²) in [6.45, 7) is 0. The Hall–Kier alpha value is -4.39. The molecule has 2 amide bonds. The normalized spacial score (nSPS) is 11.4. The first-order chi connectivity index (χ1) is 15.6. The van der Waals surface area contributed by atoms with Crippen LogP contribution in [0.15, 0.2) is 97.2 Å². The van der Waals surface area contributed by atoms with Crippen molar-refractivity contribution in [2.24, 2.45) is 0 Å². The van der Waals surface area contributed by atoms with Gasteiger partial charge >= 0.3 is 0 Å². The van der Waals surface area contributed by atoms with Gasteiger partial charge in [-0.15, -0.1) is 0 Å². The Bertz CT molecular complexity index is 1190. The van der Waals surface area contributed by atoms with Gasteiger partial charge in [-0.2, -0.15) is 5.10 Å². The topological polar surface area (TPSA) is 85.2 Å². The van der Waals surface area contributed by atoms with E-state index in [2.05, 4.69) is 15.7 Å². The summed E-state index contributed by atoms with van der Waals surface area (Å²) < 4.78 is 6.76. The van der Waals surface area contributed by atoms with Crippen molar-refractivity contribution in [2.75, 3.05) is 12.4 Å². The third kappa shape index (κ3) is 4.84. The highest BCUT2D eigenvalue weighted by Gasteiger charge is 2.24. The molecule has 0 aliphatic heterocycles. The summed E-state index contributed by atoms with van der Waals surface area (Å²) in [6, 6.07) is 26.2. The summed E-state index contributed by atoms with van der Waals surface area (Å²) in [5.41, 5.74) is 2.31. The number of carbonyl (C=O) groups excluding carboxylic acids is 2. The Kier molecular flexibility index (Phi) is 6.27. The highest BCUT2D eigenvalue weighted by atomic mass is 16.5. The number of carbonyl (C=O) groups is 2. The average molecular weight is 426 g/mol. The Morgan fingerprint density at radius 2 is 1.53 bits per heavy atom. The van der Waals surface area contributed by atoms with Crippen LogP contribution in [0.2, 0.25) is 0 Å². The zero-order valence-corrected chi connectivity index (χ0v) is 17.4. The molecule has 0 radical (unpaired) electrons. The molecule has 0 saturated carbocycles. The lowest BCUT2D eigenvalue weighted by molar-refractivity contribution is -0.118. The molecule has 0 bridgehead atoms. The minimum atomic E-state index is -0.880. The number of nitrogens with one attached hydrogen (secondary N) is 2. The molecule has 1 unspecified atom stereocenters. The molecular formula is C25H22N4O3. The predicted octanol–water partition coefficient (Wildman–Crippen LogP) is 3.99. The molecule has 0 fully saturated rings. The van der Waals surface area contributed by atoms with Gasteiger partial charge in [0.25, 0.3) is 11.8 Å². The summed E-state index contributed by atoms with van der Waals surface area (Å²) in [4.78, 5) is 25.9. The maximum Gasteiger partial charge on any atom is 0.272 e. The van der Waals surface area contributed by atoms with E-state index in [0.717, 1.165) is 11.4 Å². The van der Waals surface area contributed by atoms with Crippen molar-refractivity contribution in [1.82, 2.24) is 15.1 Å². The quantitative estimate of drug-likeness (QED) is 0.468. The lowest BCUT2D eigenvalue weighted by atomic mass is 10.1. The van der Waals surface area contributed by atoms with Gasteiger partial charge < -0.3 is 15.4 Å². The molecule has 0 aliphatic carbocycles. The van der Waals surface area contributed by atoms with Crippen LogP contribution in [0.1, 0.15) is 22.1 Å². The number of aromatic nitrogens is 2. The number of nitrogens with zero attached hydrogens (tertiary/aromatic N) is 2. The maximum atomic E-state index is 13.0. The highest BCUT2D eigenvalue weighted by molar-refractivity contribution is 6.00. The number of para-hydroxylation sites is 1. The van der Waals surface area contributed by atoms with Gasteiger partial charge in [0, 0.05) is 11.9 Å². The molecule has 1 atom stereocenters. The molecule has 160 valence electrons. The number of hydrogen-bond acceptors (Lipinski definition) is 4. The van der Waals surface area contributed by atoms with Gasteiger partial charge in [-0.1, -0.05) is 48.5 Å². The zero-order valence-electron chi connectivity index (χ0n) is 17.4. The number of rotatable bonds is 7. The van der Waals surface area contributed by atoms with E-state index in [9.17, 15) is 9.59 Å². The van der Waals surface area contributed by atoms with E-state index in [-0.39, 0.29) is 11.6 Å². The average Bonchev–Trinajstić information content (AvgIpc) is 3.34. The number of ether oxygens (including phenoxy) is 1. The van der Waals surface area contributed by atoms with Crippen LogP contribution >= 0.6 is 0 Å². The fourth-order valence-corrected chi connectivity index (χ4v) is 3.21. The maximum absolute atomic E-state index is 13.0. The summed E-state index contributed by atoms with van der Waals surface area (Å²) in [7, 11) is 1.60. The van der Waals surface area contributed by atoms with Crippen molar-refractivity contribution in [1.29, 1.82) is 0 Å². The summed E-state index contributed by atoms with van der Waals surface area (Å²) in [5, 5.41) is 10.0.